The van der Waals surface area contributed by atoms with Crippen LogP contribution < -0.4 is 5.73 Å². The Morgan fingerprint density at radius 2 is 2.50 bits per heavy atom. The first kappa shape index (κ1) is 8.43. The van der Waals surface area contributed by atoms with Gasteiger partial charge in [0.05, 0.1) is 6.04 Å². The molecule has 0 spiro atoms. The minimum absolute atomic E-state index is 0.0857. The molecule has 5 nitrogen and oxygen atoms in total. The molecule has 0 fully saturated rings. The molecule has 12 heavy (non-hydrogen) atoms. The van der Waals surface area contributed by atoms with Gasteiger partial charge in [-0.1, -0.05) is 0 Å². The molecule has 62 valence electrons. The summed E-state index contributed by atoms with van der Waals surface area (Å²) >= 11 is 0. The van der Waals surface area contributed by atoms with Crippen LogP contribution in [0.3, 0.4) is 0 Å². The molecule has 0 aliphatic rings. The Morgan fingerprint density at radius 1 is 1.75 bits per heavy atom. The third kappa shape index (κ3) is 1.68. The average Bonchev–Trinajstić information content (AvgIpc) is 2.52. The summed E-state index contributed by atoms with van der Waals surface area (Å²) < 4.78 is 4.84. The zero-order valence-electron chi connectivity index (χ0n) is 6.23. The van der Waals surface area contributed by atoms with Gasteiger partial charge in [0, 0.05) is 6.42 Å². The van der Waals surface area contributed by atoms with E-state index in [4.69, 9.17) is 16.6 Å². The van der Waals surface area contributed by atoms with Crippen LogP contribution in [0, 0.1) is 12.3 Å². The second-order valence-corrected chi connectivity index (χ2v) is 2.11. The number of carbonyl (C=O) groups is 1. The maximum Gasteiger partial charge on any atom is 0.280 e. The van der Waals surface area contributed by atoms with Gasteiger partial charge >= 0.3 is 0 Å². The van der Waals surface area contributed by atoms with Crippen molar-refractivity contribution in [3.8, 4) is 12.3 Å². The molecule has 0 aliphatic carbocycles. The molecule has 1 aromatic rings. The van der Waals surface area contributed by atoms with Crippen LogP contribution in [0.2, 0.25) is 0 Å². The topological polar surface area (TPSA) is 82.0 Å². The van der Waals surface area contributed by atoms with Crippen molar-refractivity contribution in [3.05, 3.63) is 11.8 Å². The van der Waals surface area contributed by atoms with Crippen LogP contribution in [0.4, 0.5) is 0 Å². The second kappa shape index (κ2) is 3.64. The fourth-order valence-corrected chi connectivity index (χ4v) is 0.658. The Kier molecular flexibility index (Phi) is 2.56. The normalized spacial score (nSPS) is 12.0. The first-order chi connectivity index (χ1) is 5.77. The van der Waals surface area contributed by atoms with Crippen molar-refractivity contribution in [3.63, 3.8) is 0 Å². The lowest BCUT2D eigenvalue weighted by Crippen LogP contribution is -2.09. The minimum Gasteiger partial charge on any atom is -0.417 e. The monoisotopic (exact) mass is 165 g/mol. The summed E-state index contributed by atoms with van der Waals surface area (Å²) in [6, 6.07) is -0.490. The Morgan fingerprint density at radius 3 is 3.00 bits per heavy atom. The number of carbonyl (C=O) groups excluding carboxylic acids is 1. The Bertz CT molecular complexity index is 313. The van der Waals surface area contributed by atoms with Gasteiger partial charge < -0.3 is 10.2 Å². The number of hydrogen-bond acceptors (Lipinski definition) is 5. The number of nitrogens with zero attached hydrogens (tertiary/aromatic N) is 2. The molecule has 1 heterocycles. The molecule has 1 atom stereocenters. The van der Waals surface area contributed by atoms with Gasteiger partial charge in [-0.25, -0.2) is 0 Å². The van der Waals surface area contributed by atoms with Gasteiger partial charge in [0.1, 0.15) is 0 Å². The van der Waals surface area contributed by atoms with Crippen LogP contribution >= 0.6 is 0 Å². The standard InChI is InChI=1S/C7H7N3O2/c1-2-3-5(8)7-10-9-6(4-11)12-7/h1,4-5H,3,8H2/t5-/m0/s1. The smallest absolute Gasteiger partial charge is 0.280 e. The lowest BCUT2D eigenvalue weighted by Gasteiger charge is -1.98. The van der Waals surface area contributed by atoms with Crippen LogP contribution in [-0.2, 0) is 0 Å². The van der Waals surface area contributed by atoms with Crippen molar-refractivity contribution in [2.24, 2.45) is 5.73 Å². The summed E-state index contributed by atoms with van der Waals surface area (Å²) in [7, 11) is 0. The number of aldehydes is 1. The maximum absolute atomic E-state index is 10.1. The summed E-state index contributed by atoms with van der Waals surface area (Å²) in [5.41, 5.74) is 5.52. The van der Waals surface area contributed by atoms with Gasteiger partial charge in [0.25, 0.3) is 5.89 Å². The molecule has 0 bridgehead atoms. The summed E-state index contributed by atoms with van der Waals surface area (Å²) in [5.74, 6) is 2.46. The number of hydrogen-bond donors (Lipinski definition) is 1. The molecule has 0 saturated carbocycles. The summed E-state index contributed by atoms with van der Waals surface area (Å²) in [6.45, 7) is 0. The van der Waals surface area contributed by atoms with E-state index in [-0.39, 0.29) is 11.8 Å². The summed E-state index contributed by atoms with van der Waals surface area (Å²) in [4.78, 5) is 10.1. The highest BCUT2D eigenvalue weighted by atomic mass is 16.4. The molecular weight excluding hydrogens is 158 g/mol. The van der Waals surface area contributed by atoms with E-state index in [1.54, 1.807) is 0 Å². The maximum atomic E-state index is 10.1. The van der Waals surface area contributed by atoms with E-state index in [1.807, 2.05) is 0 Å². The van der Waals surface area contributed by atoms with E-state index in [2.05, 4.69) is 16.1 Å². The molecule has 0 amide bonds. The third-order valence-corrected chi connectivity index (χ3v) is 1.21. The molecule has 0 unspecified atom stereocenters. The van der Waals surface area contributed by atoms with Crippen LogP contribution in [0.25, 0.3) is 0 Å². The quantitative estimate of drug-likeness (QED) is 0.499. The predicted octanol–water partition coefficient (Wildman–Crippen LogP) is -0.0948. The molecule has 1 aromatic heterocycles. The molecule has 5 heteroatoms. The highest BCUT2D eigenvalue weighted by molar-refractivity contribution is 5.66. The Hall–Kier alpha value is -1.67. The van der Waals surface area contributed by atoms with Crippen LogP contribution in [0.5, 0.6) is 0 Å². The van der Waals surface area contributed by atoms with Gasteiger partial charge in [-0.15, -0.1) is 22.5 Å². The largest absolute Gasteiger partial charge is 0.417 e. The lowest BCUT2D eigenvalue weighted by atomic mass is 10.2. The van der Waals surface area contributed by atoms with Crippen molar-refractivity contribution >= 4 is 6.29 Å². The summed E-state index contributed by atoms with van der Waals surface area (Å²) in [6.07, 6.45) is 5.78. The SMILES string of the molecule is C#CC[C@H](N)c1nnc(C=O)o1. The highest BCUT2D eigenvalue weighted by Crippen LogP contribution is 2.10. The average molecular weight is 165 g/mol. The van der Waals surface area contributed by atoms with Gasteiger partial charge in [-0.3, -0.25) is 4.79 Å². The fraction of sp³-hybridized carbons (Fsp3) is 0.286. The molecule has 0 saturated heterocycles. The van der Waals surface area contributed by atoms with E-state index in [9.17, 15) is 4.79 Å². The van der Waals surface area contributed by atoms with Crippen molar-refractivity contribution in [2.45, 2.75) is 12.5 Å². The van der Waals surface area contributed by atoms with E-state index >= 15 is 0 Å². The van der Waals surface area contributed by atoms with Crippen molar-refractivity contribution < 1.29 is 9.21 Å². The summed E-state index contributed by atoms with van der Waals surface area (Å²) in [5, 5.41) is 6.94. The zero-order chi connectivity index (χ0) is 8.97. The first-order valence-corrected chi connectivity index (χ1v) is 3.25. The Labute approximate surface area is 69.0 Å². The van der Waals surface area contributed by atoms with Gasteiger partial charge in [0.2, 0.25) is 12.2 Å². The molecule has 1 rings (SSSR count). The molecular formula is C7H7N3O2. The van der Waals surface area contributed by atoms with Crippen molar-refractivity contribution in [1.82, 2.24) is 10.2 Å². The number of rotatable bonds is 3. The van der Waals surface area contributed by atoms with Gasteiger partial charge in [0.15, 0.2) is 0 Å². The number of nitrogens with two attached hydrogens (primary N) is 1. The number of aromatic nitrogens is 2. The lowest BCUT2D eigenvalue weighted by molar-refractivity contribution is 0.109. The van der Waals surface area contributed by atoms with Crippen LogP contribution in [0.15, 0.2) is 4.42 Å². The first-order valence-electron chi connectivity index (χ1n) is 3.25. The van der Waals surface area contributed by atoms with Crippen LogP contribution in [0.1, 0.15) is 29.0 Å². The van der Waals surface area contributed by atoms with Crippen molar-refractivity contribution in [1.29, 1.82) is 0 Å². The zero-order valence-corrected chi connectivity index (χ0v) is 6.23. The Balaban J connectivity index is 2.75. The molecule has 2 N–H and O–H groups in total. The fourth-order valence-electron chi connectivity index (χ4n) is 0.658. The van der Waals surface area contributed by atoms with Gasteiger partial charge in [-0.05, 0) is 0 Å². The predicted molar refractivity (Wildman–Crippen MR) is 40.1 cm³/mol. The van der Waals surface area contributed by atoms with E-state index in [0.717, 1.165) is 0 Å². The highest BCUT2D eigenvalue weighted by Gasteiger charge is 2.12. The molecule has 0 radical (unpaired) electrons. The van der Waals surface area contributed by atoms with E-state index < -0.39 is 6.04 Å². The second-order valence-electron chi connectivity index (χ2n) is 2.11. The number of terminal acetylenes is 1. The van der Waals surface area contributed by atoms with E-state index in [0.29, 0.717) is 12.7 Å². The molecule has 0 aromatic carbocycles. The van der Waals surface area contributed by atoms with Crippen molar-refractivity contribution in [2.75, 3.05) is 0 Å². The third-order valence-electron chi connectivity index (χ3n) is 1.21. The van der Waals surface area contributed by atoms with E-state index in [1.165, 1.54) is 0 Å². The van der Waals surface area contributed by atoms with Crippen LogP contribution in [-0.4, -0.2) is 16.5 Å². The van der Waals surface area contributed by atoms with Gasteiger partial charge in [-0.2, -0.15) is 0 Å². The molecule has 0 aliphatic heterocycles. The minimum atomic E-state index is -0.490.